The van der Waals surface area contributed by atoms with E-state index in [0.29, 0.717) is 24.0 Å². The number of carboxylic acid groups (broad SMARTS) is 1. The van der Waals surface area contributed by atoms with Crippen LogP contribution in [-0.2, 0) is 6.54 Å². The number of nitrogens with one attached hydrogen (secondary N) is 2. The van der Waals surface area contributed by atoms with Crippen LogP contribution in [0.15, 0.2) is 12.4 Å². The summed E-state index contributed by atoms with van der Waals surface area (Å²) < 4.78 is 7.80. The molecule has 12 heteroatoms. The number of aromatic nitrogens is 6. The van der Waals surface area contributed by atoms with Crippen molar-refractivity contribution in [3.8, 4) is 5.88 Å². The highest BCUT2D eigenvalue weighted by Crippen LogP contribution is 2.31. The first-order chi connectivity index (χ1) is 13.5. The van der Waals surface area contributed by atoms with E-state index in [1.807, 2.05) is 13.1 Å². The van der Waals surface area contributed by atoms with Crippen LogP contribution in [0.4, 0.5) is 16.4 Å². The molecule has 1 aliphatic heterocycles. The van der Waals surface area contributed by atoms with Gasteiger partial charge in [0.2, 0.25) is 11.8 Å². The fourth-order valence-corrected chi connectivity index (χ4v) is 3.30. The third kappa shape index (κ3) is 3.65. The molecule has 148 valence electrons. The van der Waals surface area contributed by atoms with E-state index in [9.17, 15) is 9.90 Å². The van der Waals surface area contributed by atoms with E-state index in [4.69, 9.17) is 16.3 Å². The van der Waals surface area contributed by atoms with Gasteiger partial charge in [0, 0.05) is 19.3 Å². The van der Waals surface area contributed by atoms with Gasteiger partial charge in [0.15, 0.2) is 5.65 Å². The Labute approximate surface area is 164 Å². The number of fused-ring (bicyclic) bond motifs is 1. The Bertz CT molecular complexity index is 1000. The number of piperidine rings is 1. The lowest BCUT2D eigenvalue weighted by Crippen LogP contribution is -2.43. The van der Waals surface area contributed by atoms with Crippen LogP contribution in [0.25, 0.3) is 11.0 Å². The quantitative estimate of drug-likeness (QED) is 0.588. The summed E-state index contributed by atoms with van der Waals surface area (Å²) in [5.41, 5.74) is 1.08. The number of ether oxygens (including phenoxy) is 1. The van der Waals surface area contributed by atoms with E-state index in [1.54, 1.807) is 10.9 Å². The monoisotopic (exact) mass is 406 g/mol. The van der Waals surface area contributed by atoms with Crippen LogP contribution in [0.2, 0.25) is 5.15 Å². The van der Waals surface area contributed by atoms with Crippen LogP contribution in [0.1, 0.15) is 19.8 Å². The summed E-state index contributed by atoms with van der Waals surface area (Å²) in [6.45, 7) is 3.49. The second kappa shape index (κ2) is 7.50. The Hall–Kier alpha value is -3.08. The van der Waals surface area contributed by atoms with E-state index in [2.05, 4.69) is 30.6 Å². The predicted octanol–water partition coefficient (Wildman–Crippen LogP) is 2.49. The van der Waals surface area contributed by atoms with Crippen LogP contribution < -0.4 is 10.1 Å². The Morgan fingerprint density at radius 3 is 3.11 bits per heavy atom. The van der Waals surface area contributed by atoms with Crippen molar-refractivity contribution in [1.29, 1.82) is 0 Å². The van der Waals surface area contributed by atoms with Crippen molar-refractivity contribution in [2.24, 2.45) is 0 Å². The van der Waals surface area contributed by atoms with Gasteiger partial charge in [0.1, 0.15) is 16.6 Å². The number of rotatable bonds is 5. The fourth-order valence-electron chi connectivity index (χ4n) is 3.10. The van der Waals surface area contributed by atoms with Crippen molar-refractivity contribution in [1.82, 2.24) is 34.8 Å². The molecule has 0 radical (unpaired) electrons. The number of hydrogen-bond donors (Lipinski definition) is 3. The lowest BCUT2D eigenvalue weighted by Gasteiger charge is -2.30. The largest absolute Gasteiger partial charge is 0.472 e. The molecule has 1 amide bonds. The van der Waals surface area contributed by atoms with Gasteiger partial charge in [-0.25, -0.2) is 4.79 Å². The van der Waals surface area contributed by atoms with Crippen molar-refractivity contribution in [3.05, 3.63) is 17.5 Å². The molecule has 3 N–H and O–H groups in total. The molecule has 1 aliphatic rings. The minimum Gasteiger partial charge on any atom is -0.472 e. The molecule has 0 aliphatic carbocycles. The molecular weight excluding hydrogens is 388 g/mol. The zero-order valence-electron chi connectivity index (χ0n) is 15.1. The van der Waals surface area contributed by atoms with Crippen molar-refractivity contribution in [2.45, 2.75) is 32.4 Å². The summed E-state index contributed by atoms with van der Waals surface area (Å²) in [4.78, 5) is 21.4. The lowest BCUT2D eigenvalue weighted by molar-refractivity contribution is 0.0777. The third-order valence-corrected chi connectivity index (χ3v) is 4.75. The first kappa shape index (κ1) is 18.3. The zero-order valence-corrected chi connectivity index (χ0v) is 15.8. The van der Waals surface area contributed by atoms with Gasteiger partial charge in [-0.15, -0.1) is 0 Å². The van der Waals surface area contributed by atoms with Crippen LogP contribution >= 0.6 is 11.6 Å². The predicted molar refractivity (Wildman–Crippen MR) is 101 cm³/mol. The number of hydrogen-bond acceptors (Lipinski definition) is 7. The van der Waals surface area contributed by atoms with E-state index in [0.717, 1.165) is 18.7 Å². The molecule has 4 rings (SSSR count). The zero-order chi connectivity index (χ0) is 19.7. The topological polar surface area (TPSA) is 134 Å². The first-order valence-corrected chi connectivity index (χ1v) is 9.27. The molecule has 3 aromatic heterocycles. The van der Waals surface area contributed by atoms with Gasteiger partial charge in [0.05, 0.1) is 18.4 Å². The fraction of sp³-hybridized carbons (Fsp3) is 0.438. The second-order valence-electron chi connectivity index (χ2n) is 6.41. The number of H-pyrrole nitrogens is 1. The summed E-state index contributed by atoms with van der Waals surface area (Å²) in [5.74, 6) is 0.540. The molecule has 1 saturated heterocycles. The number of anilines is 2. The molecule has 0 bridgehead atoms. The van der Waals surface area contributed by atoms with Crippen molar-refractivity contribution < 1.29 is 14.6 Å². The number of aryl methyl sites for hydroxylation is 1. The van der Waals surface area contributed by atoms with Gasteiger partial charge < -0.3 is 20.1 Å². The minimum absolute atomic E-state index is 0.256. The summed E-state index contributed by atoms with van der Waals surface area (Å²) in [6.07, 6.45) is 3.64. The summed E-state index contributed by atoms with van der Waals surface area (Å²) in [5, 5.41) is 24.0. The molecule has 4 heterocycles. The SMILES string of the molecule is CCn1cc(Nc2nc(O[C@@H]3CCCN(C(=O)O)C3)c3c(Cl)[nH]nc3n2)cn1. The molecule has 0 aromatic carbocycles. The molecule has 1 atom stereocenters. The van der Waals surface area contributed by atoms with Gasteiger partial charge in [0.25, 0.3) is 0 Å². The van der Waals surface area contributed by atoms with E-state index in [-0.39, 0.29) is 29.6 Å². The van der Waals surface area contributed by atoms with Crippen LogP contribution in [-0.4, -0.2) is 65.2 Å². The second-order valence-corrected chi connectivity index (χ2v) is 6.79. The Balaban J connectivity index is 1.62. The van der Waals surface area contributed by atoms with Gasteiger partial charge in [-0.1, -0.05) is 11.6 Å². The highest BCUT2D eigenvalue weighted by molar-refractivity contribution is 6.34. The minimum atomic E-state index is -0.960. The molecule has 28 heavy (non-hydrogen) atoms. The number of likely N-dealkylation sites (tertiary alicyclic amines) is 1. The number of aromatic amines is 1. The van der Waals surface area contributed by atoms with Gasteiger partial charge in [-0.2, -0.15) is 20.2 Å². The Morgan fingerprint density at radius 1 is 1.50 bits per heavy atom. The smallest absolute Gasteiger partial charge is 0.407 e. The summed E-state index contributed by atoms with van der Waals surface area (Å²) in [6, 6.07) is 0. The van der Waals surface area contributed by atoms with Gasteiger partial charge in [-0.3, -0.25) is 9.78 Å². The van der Waals surface area contributed by atoms with Crippen LogP contribution in [0.5, 0.6) is 5.88 Å². The Kier molecular flexibility index (Phi) is 4.90. The molecule has 3 aromatic rings. The molecule has 0 saturated carbocycles. The van der Waals surface area contributed by atoms with Crippen LogP contribution in [0, 0.1) is 0 Å². The van der Waals surface area contributed by atoms with E-state index < -0.39 is 6.09 Å². The summed E-state index contributed by atoms with van der Waals surface area (Å²) >= 11 is 6.19. The van der Waals surface area contributed by atoms with Crippen molar-refractivity contribution in [3.63, 3.8) is 0 Å². The number of carbonyl (C=O) groups is 1. The van der Waals surface area contributed by atoms with Crippen molar-refractivity contribution in [2.75, 3.05) is 18.4 Å². The average molecular weight is 407 g/mol. The maximum absolute atomic E-state index is 11.3. The van der Waals surface area contributed by atoms with Gasteiger partial charge in [-0.05, 0) is 19.8 Å². The molecule has 0 spiro atoms. The maximum Gasteiger partial charge on any atom is 0.407 e. The maximum atomic E-state index is 11.3. The molecule has 11 nitrogen and oxygen atoms in total. The highest BCUT2D eigenvalue weighted by atomic mass is 35.5. The third-order valence-electron chi connectivity index (χ3n) is 4.48. The number of nitrogens with zero attached hydrogens (tertiary/aromatic N) is 6. The average Bonchev–Trinajstić information content (AvgIpc) is 3.28. The lowest BCUT2D eigenvalue weighted by atomic mass is 10.1. The normalized spacial score (nSPS) is 17.1. The van der Waals surface area contributed by atoms with E-state index >= 15 is 0 Å². The molecule has 0 unspecified atom stereocenters. The highest BCUT2D eigenvalue weighted by Gasteiger charge is 2.26. The standard InChI is InChI=1S/C16H19ClN8O3/c1-2-25-7-9(6-18-25)19-15-20-13-11(12(17)22-23-13)14(21-15)28-10-4-3-5-24(8-10)16(26)27/h6-7,10H,2-5,8H2,1H3,(H,26,27)(H2,19,20,21,22,23)/t10-/m1/s1. The summed E-state index contributed by atoms with van der Waals surface area (Å²) in [7, 11) is 0. The van der Waals surface area contributed by atoms with E-state index in [1.165, 1.54) is 4.90 Å². The molecular formula is C16H19ClN8O3. The number of halogens is 1. The Morgan fingerprint density at radius 2 is 2.36 bits per heavy atom. The first-order valence-electron chi connectivity index (χ1n) is 8.89. The number of amides is 1. The van der Waals surface area contributed by atoms with Crippen molar-refractivity contribution >= 4 is 40.4 Å². The van der Waals surface area contributed by atoms with Crippen LogP contribution in [0.3, 0.4) is 0 Å². The molecule has 1 fully saturated rings. The van der Waals surface area contributed by atoms with Gasteiger partial charge >= 0.3 is 6.09 Å².